The second kappa shape index (κ2) is 8.30. The average molecular weight is 459 g/mol. The number of sulfonamides is 1. The van der Waals surface area contributed by atoms with E-state index >= 15 is 0 Å². The van der Waals surface area contributed by atoms with Gasteiger partial charge in [0.05, 0.1) is 10.9 Å². The van der Waals surface area contributed by atoms with Crippen LogP contribution in [0.5, 0.6) is 0 Å². The minimum Gasteiger partial charge on any atom is -0.378 e. The lowest BCUT2D eigenvalue weighted by atomic mass is 9.77. The molecule has 0 spiro atoms. The topological polar surface area (TPSA) is 58.2 Å². The summed E-state index contributed by atoms with van der Waals surface area (Å²) in [5.74, 6) is 0.602. The van der Waals surface area contributed by atoms with Gasteiger partial charge in [0, 0.05) is 17.6 Å². The van der Waals surface area contributed by atoms with Crippen LogP contribution in [0.3, 0.4) is 0 Å². The van der Waals surface area contributed by atoms with E-state index in [1.54, 1.807) is 6.07 Å². The van der Waals surface area contributed by atoms with E-state index in [-0.39, 0.29) is 18.0 Å². The zero-order valence-corrected chi connectivity index (χ0v) is 19.5. The van der Waals surface area contributed by atoms with Crippen molar-refractivity contribution in [2.45, 2.75) is 61.4 Å². The lowest BCUT2D eigenvalue weighted by Crippen LogP contribution is -2.36. The van der Waals surface area contributed by atoms with E-state index in [2.05, 4.69) is 64.7 Å². The molecule has 1 fully saturated rings. The molecule has 1 saturated carbocycles. The number of rotatable bonds is 4. The molecule has 1 heterocycles. The second-order valence-corrected chi connectivity index (χ2v) is 11.5. The molecule has 2 aliphatic carbocycles. The van der Waals surface area contributed by atoms with Crippen molar-refractivity contribution in [3.8, 4) is 0 Å². The van der Waals surface area contributed by atoms with Gasteiger partial charge in [0.15, 0.2) is 0 Å². The summed E-state index contributed by atoms with van der Waals surface area (Å²) in [6.07, 6.45) is 10.8. The summed E-state index contributed by atoms with van der Waals surface area (Å²) in [5, 5.41) is 6.25. The third kappa shape index (κ3) is 3.87. The summed E-state index contributed by atoms with van der Waals surface area (Å²) in [5.41, 5.74) is 3.42. The normalized spacial score (nSPS) is 24.9. The Kier molecular flexibility index (Phi) is 5.27. The first kappa shape index (κ1) is 20.9. The molecule has 3 aromatic carbocycles. The van der Waals surface area contributed by atoms with Crippen molar-refractivity contribution in [2.24, 2.45) is 5.92 Å². The molecule has 5 heteroatoms. The van der Waals surface area contributed by atoms with Crippen LogP contribution in [0.2, 0.25) is 0 Å². The Hall–Kier alpha value is -2.63. The van der Waals surface area contributed by atoms with Gasteiger partial charge in [0.1, 0.15) is 0 Å². The average Bonchev–Trinajstić information content (AvgIpc) is 3.34. The molecule has 2 N–H and O–H groups in total. The number of anilines is 1. The predicted octanol–water partition coefficient (Wildman–Crippen LogP) is 6.28. The summed E-state index contributed by atoms with van der Waals surface area (Å²) < 4.78 is 29.2. The van der Waals surface area contributed by atoms with E-state index in [1.165, 1.54) is 22.8 Å². The van der Waals surface area contributed by atoms with E-state index in [1.807, 2.05) is 12.1 Å². The maximum Gasteiger partial charge on any atom is 0.240 e. The fraction of sp³-hybridized carbons (Fsp3) is 0.357. The largest absolute Gasteiger partial charge is 0.378 e. The molecular formula is C28H30N2O2S. The Labute approximate surface area is 196 Å². The summed E-state index contributed by atoms with van der Waals surface area (Å²) in [7, 11) is -3.51. The molecule has 6 rings (SSSR count). The summed E-state index contributed by atoms with van der Waals surface area (Å²) >= 11 is 0. The van der Waals surface area contributed by atoms with Gasteiger partial charge in [-0.15, -0.1) is 0 Å². The van der Waals surface area contributed by atoms with Crippen molar-refractivity contribution in [3.63, 3.8) is 0 Å². The van der Waals surface area contributed by atoms with Gasteiger partial charge >= 0.3 is 0 Å². The molecule has 0 amide bonds. The van der Waals surface area contributed by atoms with Crippen molar-refractivity contribution in [1.29, 1.82) is 0 Å². The van der Waals surface area contributed by atoms with Gasteiger partial charge in [-0.2, -0.15) is 0 Å². The molecule has 0 aromatic heterocycles. The highest BCUT2D eigenvalue weighted by atomic mass is 32.2. The van der Waals surface area contributed by atoms with Crippen LogP contribution >= 0.6 is 0 Å². The molecule has 33 heavy (non-hydrogen) atoms. The van der Waals surface area contributed by atoms with Crippen molar-refractivity contribution in [1.82, 2.24) is 4.72 Å². The minimum atomic E-state index is -3.51. The van der Waals surface area contributed by atoms with Crippen LogP contribution in [0.4, 0.5) is 5.69 Å². The van der Waals surface area contributed by atoms with Crippen molar-refractivity contribution in [2.75, 3.05) is 5.32 Å². The van der Waals surface area contributed by atoms with Gasteiger partial charge in [-0.25, -0.2) is 13.1 Å². The second-order valence-electron chi connectivity index (χ2n) is 9.79. The Morgan fingerprint density at radius 3 is 2.55 bits per heavy atom. The smallest absolute Gasteiger partial charge is 0.240 e. The number of fused-ring (bicyclic) bond motifs is 4. The maximum absolute atomic E-state index is 13.1. The number of allylic oxidation sites excluding steroid dienone is 2. The lowest BCUT2D eigenvalue weighted by Gasteiger charge is -2.38. The predicted molar refractivity (Wildman–Crippen MR) is 134 cm³/mol. The number of hydrogen-bond donors (Lipinski definition) is 2. The first-order valence-corrected chi connectivity index (χ1v) is 13.6. The number of benzene rings is 3. The van der Waals surface area contributed by atoms with Crippen molar-refractivity contribution >= 4 is 26.5 Å². The van der Waals surface area contributed by atoms with Crippen LogP contribution in [0.1, 0.15) is 61.6 Å². The molecule has 4 nitrogen and oxygen atoms in total. The third-order valence-corrected chi connectivity index (χ3v) is 9.22. The molecule has 0 radical (unpaired) electrons. The van der Waals surface area contributed by atoms with Crippen LogP contribution < -0.4 is 10.0 Å². The quantitative estimate of drug-likeness (QED) is 0.453. The third-order valence-electron chi connectivity index (χ3n) is 7.70. The van der Waals surface area contributed by atoms with Crippen LogP contribution in [0.25, 0.3) is 10.8 Å². The Bertz CT molecular complexity index is 1320. The van der Waals surface area contributed by atoms with Gasteiger partial charge < -0.3 is 5.32 Å². The maximum atomic E-state index is 13.1. The van der Waals surface area contributed by atoms with Crippen molar-refractivity contribution in [3.05, 3.63) is 83.9 Å². The van der Waals surface area contributed by atoms with E-state index < -0.39 is 10.0 Å². The van der Waals surface area contributed by atoms with Crippen LogP contribution in [-0.4, -0.2) is 14.5 Å². The van der Waals surface area contributed by atoms with E-state index in [4.69, 9.17) is 0 Å². The Morgan fingerprint density at radius 2 is 1.70 bits per heavy atom. The summed E-state index contributed by atoms with van der Waals surface area (Å²) in [6.45, 7) is 0. The van der Waals surface area contributed by atoms with Gasteiger partial charge in [0.25, 0.3) is 0 Å². The molecule has 3 aliphatic rings. The van der Waals surface area contributed by atoms with E-state index in [0.29, 0.717) is 10.8 Å². The van der Waals surface area contributed by atoms with Crippen LogP contribution in [0, 0.1) is 5.92 Å². The Balaban J connectivity index is 1.32. The zero-order chi connectivity index (χ0) is 22.4. The SMILES string of the molecule is O=S(=O)(NC1CCCCC1)c1ccc2c(c1)C1C=CCC1C(c1ccc3ccccc3c1)N2. The van der Waals surface area contributed by atoms with Gasteiger partial charge in [-0.3, -0.25) is 0 Å². The first-order valence-electron chi connectivity index (χ1n) is 12.2. The van der Waals surface area contributed by atoms with Crippen LogP contribution in [-0.2, 0) is 10.0 Å². The highest BCUT2D eigenvalue weighted by Crippen LogP contribution is 2.50. The summed E-state index contributed by atoms with van der Waals surface area (Å²) in [6, 6.07) is 21.1. The monoisotopic (exact) mass is 458 g/mol. The highest BCUT2D eigenvalue weighted by molar-refractivity contribution is 7.89. The highest BCUT2D eigenvalue weighted by Gasteiger charge is 2.38. The summed E-state index contributed by atoms with van der Waals surface area (Å²) in [4.78, 5) is 0.386. The van der Waals surface area contributed by atoms with E-state index in [9.17, 15) is 8.42 Å². The fourth-order valence-electron chi connectivity index (χ4n) is 5.98. The molecular weight excluding hydrogens is 428 g/mol. The Morgan fingerprint density at radius 1 is 0.879 bits per heavy atom. The van der Waals surface area contributed by atoms with Crippen LogP contribution in [0.15, 0.2) is 77.7 Å². The zero-order valence-electron chi connectivity index (χ0n) is 18.7. The molecule has 0 saturated heterocycles. The molecule has 3 aromatic rings. The number of nitrogens with one attached hydrogen (secondary N) is 2. The lowest BCUT2D eigenvalue weighted by molar-refractivity contribution is 0.411. The fourth-order valence-corrected chi connectivity index (χ4v) is 7.32. The van der Waals surface area contributed by atoms with Crippen molar-refractivity contribution < 1.29 is 8.42 Å². The first-order chi connectivity index (χ1) is 16.1. The molecule has 0 bridgehead atoms. The molecule has 1 aliphatic heterocycles. The van der Waals surface area contributed by atoms with Gasteiger partial charge in [-0.05, 0) is 71.3 Å². The van der Waals surface area contributed by atoms with Gasteiger partial charge in [-0.1, -0.05) is 67.8 Å². The number of hydrogen-bond acceptors (Lipinski definition) is 3. The molecule has 3 atom stereocenters. The minimum absolute atomic E-state index is 0.0642. The van der Waals surface area contributed by atoms with E-state index in [0.717, 1.165) is 43.4 Å². The van der Waals surface area contributed by atoms with Gasteiger partial charge in [0.2, 0.25) is 10.0 Å². The standard InChI is InChI=1S/C28H30N2O2S/c31-33(32,30-22-9-2-1-3-10-22)23-15-16-27-26(18-23)24-11-6-12-25(24)28(29-27)21-14-13-19-7-4-5-8-20(19)17-21/h4-8,11,13-18,22,24-25,28-30H,1-3,9-10,12H2. The molecule has 170 valence electrons. The molecule has 3 unspecified atom stereocenters.